The molecule has 2 rings (SSSR count). The third-order valence-electron chi connectivity index (χ3n) is 3.89. The van der Waals surface area contributed by atoms with Gasteiger partial charge < -0.3 is 19.5 Å². The van der Waals surface area contributed by atoms with Crippen LogP contribution < -0.4 is 14.8 Å². The number of nitrogens with one attached hydrogen (secondary N) is 1. The molecule has 0 spiro atoms. The minimum atomic E-state index is -0.769. The molecule has 2 aromatic rings. The average molecular weight is 416 g/mol. The van der Waals surface area contributed by atoms with E-state index in [1.54, 1.807) is 31.2 Å². The van der Waals surface area contributed by atoms with E-state index in [1.807, 2.05) is 0 Å². The highest BCUT2D eigenvalue weighted by Crippen LogP contribution is 2.28. The van der Waals surface area contributed by atoms with Gasteiger partial charge in [-0.1, -0.05) is 6.92 Å². The minimum Gasteiger partial charge on any atom is -0.494 e. The number of anilines is 1. The van der Waals surface area contributed by atoms with Crippen LogP contribution in [0.4, 0.5) is 11.4 Å². The summed E-state index contributed by atoms with van der Waals surface area (Å²) in [6.07, 6.45) is 0.389. The maximum Gasteiger partial charge on any atom is 0.344 e. The Morgan fingerprint density at radius 1 is 1.07 bits per heavy atom. The van der Waals surface area contributed by atoms with Crippen molar-refractivity contribution in [2.24, 2.45) is 0 Å². The summed E-state index contributed by atoms with van der Waals surface area (Å²) < 4.78 is 15.1. The lowest BCUT2D eigenvalue weighted by atomic mass is 10.1. The number of nitrogens with zero attached hydrogens (tertiary/aromatic N) is 1. The Hall–Kier alpha value is -3.95. The van der Waals surface area contributed by atoms with Crippen LogP contribution in [0.2, 0.25) is 0 Å². The lowest BCUT2D eigenvalue weighted by Gasteiger charge is -2.10. The monoisotopic (exact) mass is 416 g/mol. The molecule has 0 unspecified atom stereocenters. The van der Waals surface area contributed by atoms with Crippen molar-refractivity contribution in [2.45, 2.75) is 13.3 Å². The number of hydrogen-bond donors (Lipinski definition) is 1. The molecular formula is C20H20N2O8. The molecule has 0 radical (unpaired) electrons. The van der Waals surface area contributed by atoms with Gasteiger partial charge in [-0.15, -0.1) is 0 Å². The van der Waals surface area contributed by atoms with Crippen LogP contribution in [0.25, 0.3) is 0 Å². The molecule has 0 saturated carbocycles. The largest absolute Gasteiger partial charge is 0.494 e. The number of nitro groups is 1. The molecule has 0 aromatic heterocycles. The van der Waals surface area contributed by atoms with E-state index in [9.17, 15) is 24.5 Å². The maximum absolute atomic E-state index is 12.0. The number of Topliss-reactive ketones (excluding diaryl/α,β-unsaturated/α-hetero) is 1. The van der Waals surface area contributed by atoms with Crippen LogP contribution >= 0.6 is 0 Å². The Balaban J connectivity index is 1.81. The normalized spacial score (nSPS) is 10.1. The van der Waals surface area contributed by atoms with Crippen LogP contribution in [-0.2, 0) is 14.3 Å². The summed E-state index contributed by atoms with van der Waals surface area (Å²) in [7, 11) is 1.30. The summed E-state index contributed by atoms with van der Waals surface area (Å²) in [5, 5.41) is 13.2. The number of hydrogen-bond acceptors (Lipinski definition) is 8. The summed E-state index contributed by atoms with van der Waals surface area (Å²) >= 11 is 0. The molecule has 10 nitrogen and oxygen atoms in total. The zero-order valence-electron chi connectivity index (χ0n) is 16.4. The quantitative estimate of drug-likeness (QED) is 0.270. The number of esters is 1. The first-order chi connectivity index (χ1) is 14.3. The second-order valence-corrected chi connectivity index (χ2v) is 5.94. The van der Waals surface area contributed by atoms with Crippen molar-refractivity contribution in [1.82, 2.24) is 0 Å². The van der Waals surface area contributed by atoms with Crippen molar-refractivity contribution in [3.8, 4) is 11.5 Å². The SMILES string of the molecule is CCC(=O)c1ccc(OCC(=O)OCC(=O)Nc2ccc([N+](=O)[O-])cc2OC)cc1. The summed E-state index contributed by atoms with van der Waals surface area (Å²) in [4.78, 5) is 45.5. The Morgan fingerprint density at radius 3 is 2.37 bits per heavy atom. The lowest BCUT2D eigenvalue weighted by molar-refractivity contribution is -0.384. The molecule has 0 aliphatic rings. The molecule has 30 heavy (non-hydrogen) atoms. The maximum atomic E-state index is 12.0. The predicted octanol–water partition coefficient (Wildman–Crippen LogP) is 2.76. The summed E-state index contributed by atoms with van der Waals surface area (Å²) in [6.45, 7) is 0.762. The van der Waals surface area contributed by atoms with E-state index in [0.717, 1.165) is 6.07 Å². The van der Waals surface area contributed by atoms with Crippen LogP contribution in [-0.4, -0.2) is 42.9 Å². The van der Waals surface area contributed by atoms with Crippen LogP contribution in [0.5, 0.6) is 11.5 Å². The third kappa shape index (κ3) is 6.30. The first kappa shape index (κ1) is 22.3. The highest BCUT2D eigenvalue weighted by Gasteiger charge is 2.15. The van der Waals surface area contributed by atoms with E-state index in [1.165, 1.54) is 19.2 Å². The first-order valence-electron chi connectivity index (χ1n) is 8.88. The number of ether oxygens (including phenoxy) is 3. The zero-order chi connectivity index (χ0) is 22.1. The molecule has 10 heteroatoms. The molecule has 1 N–H and O–H groups in total. The second kappa shape index (κ2) is 10.6. The van der Waals surface area contributed by atoms with Gasteiger partial charge in [-0.2, -0.15) is 0 Å². The molecule has 158 valence electrons. The predicted molar refractivity (Wildman–Crippen MR) is 106 cm³/mol. The molecule has 2 aromatic carbocycles. The van der Waals surface area contributed by atoms with E-state index in [-0.39, 0.29) is 22.9 Å². The van der Waals surface area contributed by atoms with E-state index in [2.05, 4.69) is 5.32 Å². The fraction of sp³-hybridized carbons (Fsp3) is 0.250. The minimum absolute atomic E-state index is 0.00313. The summed E-state index contributed by atoms with van der Waals surface area (Å²) in [6, 6.07) is 9.99. The van der Waals surface area contributed by atoms with Gasteiger partial charge in [-0.05, 0) is 30.3 Å². The fourth-order valence-corrected chi connectivity index (χ4v) is 2.35. The van der Waals surface area contributed by atoms with Gasteiger partial charge in [0.15, 0.2) is 19.0 Å². The van der Waals surface area contributed by atoms with Gasteiger partial charge >= 0.3 is 5.97 Å². The molecule has 0 aliphatic heterocycles. The van der Waals surface area contributed by atoms with Gasteiger partial charge in [-0.3, -0.25) is 19.7 Å². The van der Waals surface area contributed by atoms with Gasteiger partial charge in [0.05, 0.1) is 23.8 Å². The van der Waals surface area contributed by atoms with E-state index in [4.69, 9.17) is 14.2 Å². The zero-order valence-corrected chi connectivity index (χ0v) is 16.4. The molecule has 0 atom stereocenters. The summed E-state index contributed by atoms with van der Waals surface area (Å²) in [5.74, 6) is -0.957. The van der Waals surface area contributed by atoms with Crippen molar-refractivity contribution in [2.75, 3.05) is 25.6 Å². The fourth-order valence-electron chi connectivity index (χ4n) is 2.35. The standard InChI is InChI=1S/C20H20N2O8/c1-3-17(23)13-4-7-15(8-5-13)29-12-20(25)30-11-19(24)21-16-9-6-14(22(26)27)10-18(16)28-2/h4-10H,3,11-12H2,1-2H3,(H,21,24). The number of nitro benzene ring substituents is 1. The van der Waals surface area contributed by atoms with E-state index >= 15 is 0 Å². The first-order valence-corrected chi connectivity index (χ1v) is 8.88. The number of carbonyl (C=O) groups excluding carboxylic acids is 3. The van der Waals surface area contributed by atoms with E-state index < -0.39 is 30.0 Å². The molecule has 1 amide bonds. The van der Waals surface area contributed by atoms with Crippen LogP contribution in [0.3, 0.4) is 0 Å². The smallest absolute Gasteiger partial charge is 0.344 e. The van der Waals surface area contributed by atoms with Crippen molar-refractivity contribution in [3.63, 3.8) is 0 Å². The van der Waals surface area contributed by atoms with Crippen molar-refractivity contribution in [1.29, 1.82) is 0 Å². The Labute approximate surface area is 171 Å². The second-order valence-electron chi connectivity index (χ2n) is 5.94. The number of carbonyl (C=O) groups is 3. The van der Waals surface area contributed by atoms with Gasteiger partial charge in [0, 0.05) is 18.1 Å². The average Bonchev–Trinajstić information content (AvgIpc) is 2.76. The number of ketones is 1. The van der Waals surface area contributed by atoms with Crippen molar-refractivity contribution < 1.29 is 33.5 Å². The van der Waals surface area contributed by atoms with Gasteiger partial charge in [0.1, 0.15) is 11.5 Å². The Bertz CT molecular complexity index is 940. The lowest BCUT2D eigenvalue weighted by Crippen LogP contribution is -2.23. The third-order valence-corrected chi connectivity index (χ3v) is 3.89. The molecule has 0 saturated heterocycles. The Morgan fingerprint density at radius 2 is 1.77 bits per heavy atom. The Kier molecular flexibility index (Phi) is 7.86. The van der Waals surface area contributed by atoms with Gasteiger partial charge in [-0.25, -0.2) is 4.79 Å². The number of amides is 1. The number of benzene rings is 2. The molecular weight excluding hydrogens is 396 g/mol. The molecule has 0 heterocycles. The topological polar surface area (TPSA) is 134 Å². The summed E-state index contributed by atoms with van der Waals surface area (Å²) in [5.41, 5.74) is 0.549. The number of methoxy groups -OCH3 is 1. The number of non-ortho nitro benzene ring substituents is 1. The number of rotatable bonds is 10. The van der Waals surface area contributed by atoms with Crippen LogP contribution in [0.15, 0.2) is 42.5 Å². The highest BCUT2D eigenvalue weighted by atomic mass is 16.6. The van der Waals surface area contributed by atoms with Crippen LogP contribution in [0, 0.1) is 10.1 Å². The van der Waals surface area contributed by atoms with Crippen molar-refractivity contribution in [3.05, 3.63) is 58.1 Å². The molecule has 0 fully saturated rings. The van der Waals surface area contributed by atoms with Crippen LogP contribution in [0.1, 0.15) is 23.7 Å². The molecule has 0 bridgehead atoms. The van der Waals surface area contributed by atoms with Gasteiger partial charge in [0.2, 0.25) is 0 Å². The van der Waals surface area contributed by atoms with E-state index in [0.29, 0.717) is 17.7 Å². The molecule has 0 aliphatic carbocycles. The van der Waals surface area contributed by atoms with Gasteiger partial charge in [0.25, 0.3) is 11.6 Å². The highest BCUT2D eigenvalue weighted by molar-refractivity contribution is 5.96. The van der Waals surface area contributed by atoms with Crippen molar-refractivity contribution >= 4 is 29.0 Å².